The Hall–Kier alpha value is -1.97. The molecule has 0 atom stereocenters. The Balaban J connectivity index is 3.05. The topological polar surface area (TPSA) is 29.1 Å². The molecular formula is C16H19F2NO. The predicted molar refractivity (Wildman–Crippen MR) is 76.3 cm³/mol. The smallest absolute Gasteiger partial charge is 0.150 e. The Labute approximate surface area is 118 Å². The number of carbonyl (C=O) groups is 1. The highest BCUT2D eigenvalue weighted by molar-refractivity contribution is 5.79. The molecule has 0 aliphatic rings. The van der Waals surface area contributed by atoms with Crippen LogP contribution in [0.4, 0.5) is 8.78 Å². The van der Waals surface area contributed by atoms with Gasteiger partial charge in [-0.3, -0.25) is 4.79 Å². The van der Waals surface area contributed by atoms with E-state index in [1.54, 1.807) is 13.1 Å². The van der Waals surface area contributed by atoms with Crippen molar-refractivity contribution < 1.29 is 13.6 Å². The third kappa shape index (κ3) is 4.30. The van der Waals surface area contributed by atoms with E-state index in [1.807, 2.05) is 13.8 Å². The Bertz CT molecular complexity index is 547. The molecule has 0 bridgehead atoms. The third-order valence-electron chi connectivity index (χ3n) is 3.20. The zero-order valence-electron chi connectivity index (χ0n) is 12.0. The van der Waals surface area contributed by atoms with Crippen LogP contribution in [-0.4, -0.2) is 13.3 Å². The fraction of sp³-hybridized carbons (Fsp3) is 0.312. The molecule has 0 amide bonds. The lowest BCUT2D eigenvalue weighted by molar-refractivity contribution is -0.104. The molecular weight excluding hydrogens is 260 g/mol. The van der Waals surface area contributed by atoms with Gasteiger partial charge >= 0.3 is 0 Å². The maximum atomic E-state index is 13.6. The monoisotopic (exact) mass is 279 g/mol. The lowest BCUT2D eigenvalue weighted by atomic mass is 10.0. The van der Waals surface area contributed by atoms with Crippen molar-refractivity contribution >= 4 is 6.29 Å². The number of nitrogens with one attached hydrogen (secondary N) is 1. The first-order valence-corrected chi connectivity index (χ1v) is 6.49. The zero-order valence-corrected chi connectivity index (χ0v) is 12.0. The van der Waals surface area contributed by atoms with Crippen molar-refractivity contribution in [3.05, 3.63) is 58.3 Å². The molecule has 0 aliphatic heterocycles. The van der Waals surface area contributed by atoms with Crippen LogP contribution >= 0.6 is 0 Å². The van der Waals surface area contributed by atoms with Crippen LogP contribution in [0.5, 0.6) is 0 Å². The van der Waals surface area contributed by atoms with Crippen LogP contribution in [0.3, 0.4) is 0 Å². The molecule has 0 aliphatic carbocycles. The first-order chi connectivity index (χ1) is 9.51. The molecule has 108 valence electrons. The van der Waals surface area contributed by atoms with Crippen molar-refractivity contribution in [3.8, 4) is 0 Å². The number of carbonyl (C=O) groups excluding carboxylic acids is 1. The Morgan fingerprint density at radius 1 is 1.35 bits per heavy atom. The second-order valence-corrected chi connectivity index (χ2v) is 4.54. The molecule has 1 aromatic rings. The lowest BCUT2D eigenvalue weighted by Crippen LogP contribution is -2.10. The average Bonchev–Trinajstić information content (AvgIpc) is 2.44. The molecule has 0 spiro atoms. The summed E-state index contributed by atoms with van der Waals surface area (Å²) in [5, 5.41) is 2.94. The summed E-state index contributed by atoms with van der Waals surface area (Å²) in [7, 11) is 1.71. The van der Waals surface area contributed by atoms with Gasteiger partial charge in [-0.15, -0.1) is 0 Å². The molecule has 20 heavy (non-hydrogen) atoms. The van der Waals surface area contributed by atoms with E-state index >= 15 is 0 Å². The van der Waals surface area contributed by atoms with Gasteiger partial charge in [0, 0.05) is 30.8 Å². The van der Waals surface area contributed by atoms with Gasteiger partial charge in [0.15, 0.2) is 0 Å². The number of likely N-dealkylation sites (N-methyl/N-ethyl adjacent to an activating group) is 1. The normalized spacial score (nSPS) is 12.9. The summed E-state index contributed by atoms with van der Waals surface area (Å²) in [6.45, 7) is 3.84. The van der Waals surface area contributed by atoms with Crippen molar-refractivity contribution in [3.63, 3.8) is 0 Å². The third-order valence-corrected chi connectivity index (χ3v) is 3.20. The van der Waals surface area contributed by atoms with E-state index in [9.17, 15) is 13.6 Å². The number of allylic oxidation sites excluding steroid dienone is 4. The minimum absolute atomic E-state index is 0.275. The van der Waals surface area contributed by atoms with Crippen LogP contribution in [-0.2, 0) is 11.2 Å². The second kappa shape index (κ2) is 7.58. The molecule has 0 saturated heterocycles. The van der Waals surface area contributed by atoms with E-state index in [0.29, 0.717) is 16.8 Å². The van der Waals surface area contributed by atoms with Gasteiger partial charge in [0.1, 0.15) is 17.9 Å². The predicted octanol–water partition coefficient (Wildman–Crippen LogP) is 3.54. The van der Waals surface area contributed by atoms with Crippen molar-refractivity contribution in [1.82, 2.24) is 5.32 Å². The summed E-state index contributed by atoms with van der Waals surface area (Å²) in [6, 6.07) is 3.49. The summed E-state index contributed by atoms with van der Waals surface area (Å²) >= 11 is 0. The van der Waals surface area contributed by atoms with Crippen LogP contribution in [0.15, 0.2) is 41.1 Å². The molecule has 0 saturated carbocycles. The van der Waals surface area contributed by atoms with Crippen LogP contribution in [0, 0.1) is 11.6 Å². The van der Waals surface area contributed by atoms with Crippen LogP contribution in [0.25, 0.3) is 0 Å². The van der Waals surface area contributed by atoms with E-state index in [0.717, 1.165) is 24.3 Å². The van der Waals surface area contributed by atoms with Crippen LogP contribution in [0.1, 0.15) is 25.8 Å². The molecule has 1 N–H and O–H groups in total. The molecule has 0 radical (unpaired) electrons. The minimum Gasteiger partial charge on any atom is -0.391 e. The molecule has 0 aromatic heterocycles. The Morgan fingerprint density at radius 3 is 2.55 bits per heavy atom. The molecule has 1 aromatic carbocycles. The highest BCUT2D eigenvalue weighted by atomic mass is 19.1. The average molecular weight is 279 g/mol. The van der Waals surface area contributed by atoms with Gasteiger partial charge in [0.2, 0.25) is 0 Å². The Kier molecular flexibility index (Phi) is 6.10. The fourth-order valence-corrected chi connectivity index (χ4v) is 1.73. The van der Waals surface area contributed by atoms with Crippen molar-refractivity contribution in [2.75, 3.05) is 7.05 Å². The van der Waals surface area contributed by atoms with E-state index in [2.05, 4.69) is 5.32 Å². The maximum absolute atomic E-state index is 13.6. The van der Waals surface area contributed by atoms with E-state index in [1.165, 1.54) is 12.1 Å². The second-order valence-electron chi connectivity index (χ2n) is 4.54. The van der Waals surface area contributed by atoms with Crippen LogP contribution < -0.4 is 5.32 Å². The summed E-state index contributed by atoms with van der Waals surface area (Å²) in [4.78, 5) is 11.1. The minimum atomic E-state index is -0.600. The molecule has 0 fully saturated rings. The maximum Gasteiger partial charge on any atom is 0.150 e. The fourth-order valence-electron chi connectivity index (χ4n) is 1.73. The first-order valence-electron chi connectivity index (χ1n) is 6.49. The van der Waals surface area contributed by atoms with Gasteiger partial charge in [-0.05, 0) is 31.1 Å². The van der Waals surface area contributed by atoms with E-state index < -0.39 is 11.6 Å². The summed E-state index contributed by atoms with van der Waals surface area (Å²) in [5.74, 6) is -1.19. The number of halogens is 2. The van der Waals surface area contributed by atoms with Gasteiger partial charge in [-0.2, -0.15) is 0 Å². The molecule has 0 unspecified atom stereocenters. The van der Waals surface area contributed by atoms with Gasteiger partial charge in [-0.1, -0.05) is 18.6 Å². The number of hydrogen-bond acceptors (Lipinski definition) is 2. The largest absolute Gasteiger partial charge is 0.391 e. The lowest BCUT2D eigenvalue weighted by Gasteiger charge is -2.09. The summed E-state index contributed by atoms with van der Waals surface area (Å²) in [5.41, 5.74) is 2.63. The van der Waals surface area contributed by atoms with Gasteiger partial charge in [-0.25, -0.2) is 8.78 Å². The Morgan fingerprint density at radius 2 is 2.05 bits per heavy atom. The molecule has 0 heterocycles. The highest BCUT2D eigenvalue weighted by Gasteiger charge is 2.07. The number of aldehydes is 1. The van der Waals surface area contributed by atoms with Crippen molar-refractivity contribution in [1.29, 1.82) is 0 Å². The van der Waals surface area contributed by atoms with Crippen molar-refractivity contribution in [2.24, 2.45) is 0 Å². The van der Waals surface area contributed by atoms with Crippen LogP contribution in [0.2, 0.25) is 0 Å². The van der Waals surface area contributed by atoms with Gasteiger partial charge < -0.3 is 5.32 Å². The van der Waals surface area contributed by atoms with Crippen molar-refractivity contribution in [2.45, 2.75) is 26.7 Å². The van der Waals surface area contributed by atoms with Gasteiger partial charge in [0.05, 0.1) is 0 Å². The zero-order chi connectivity index (χ0) is 15.1. The summed E-state index contributed by atoms with van der Waals surface area (Å²) < 4.78 is 26.5. The highest BCUT2D eigenvalue weighted by Crippen LogP contribution is 2.15. The van der Waals surface area contributed by atoms with Gasteiger partial charge in [0.25, 0.3) is 0 Å². The molecule has 1 rings (SSSR count). The molecule has 2 nitrogen and oxygen atoms in total. The number of benzene rings is 1. The van der Waals surface area contributed by atoms with E-state index in [-0.39, 0.29) is 6.42 Å². The first kappa shape index (κ1) is 16.1. The quantitative estimate of drug-likeness (QED) is 0.490. The summed E-state index contributed by atoms with van der Waals surface area (Å²) in [6.07, 6.45) is 3.54. The van der Waals surface area contributed by atoms with E-state index in [4.69, 9.17) is 0 Å². The molecule has 4 heteroatoms. The number of rotatable bonds is 6. The SMILES string of the molecule is CC/C(C)=C(C=O)\C=C(\Cc1ccc(F)cc1F)NC. The number of hydrogen-bond donors (Lipinski definition) is 1. The standard InChI is InChI=1S/C16H19F2NO/c1-4-11(2)13(10-20)8-15(19-3)7-12-5-6-14(17)9-16(12)18/h5-6,8-10,19H,4,7H2,1-3H3/b13-11+,15-8-.